The van der Waals surface area contributed by atoms with Crippen molar-refractivity contribution in [1.29, 1.82) is 0 Å². The second kappa shape index (κ2) is 4.14. The van der Waals surface area contributed by atoms with Gasteiger partial charge in [0.1, 0.15) is 0 Å². The van der Waals surface area contributed by atoms with Crippen molar-refractivity contribution >= 4 is 17.2 Å². The van der Waals surface area contributed by atoms with Crippen LogP contribution in [0.3, 0.4) is 0 Å². The third-order valence-corrected chi connectivity index (χ3v) is 3.91. The summed E-state index contributed by atoms with van der Waals surface area (Å²) in [5.74, 6) is 0.264. The molecule has 1 atom stereocenters. The first-order valence-corrected chi connectivity index (χ1v) is 6.63. The molecule has 1 amide bonds. The first-order chi connectivity index (χ1) is 7.83. The largest absolute Gasteiger partial charge is 0.336 e. The second-order valence-corrected chi connectivity index (χ2v) is 5.48. The van der Waals surface area contributed by atoms with Gasteiger partial charge in [-0.15, -0.1) is 11.3 Å². The van der Waals surface area contributed by atoms with Gasteiger partial charge in [-0.2, -0.15) is 0 Å². The van der Waals surface area contributed by atoms with E-state index in [9.17, 15) is 4.79 Å². The number of amides is 1. The molecule has 1 aliphatic carbocycles. The zero-order chi connectivity index (χ0) is 11.0. The molecule has 1 unspecified atom stereocenters. The Morgan fingerprint density at radius 1 is 1.50 bits per heavy atom. The Morgan fingerprint density at radius 2 is 2.38 bits per heavy atom. The van der Waals surface area contributed by atoms with Crippen LogP contribution in [0.15, 0.2) is 11.7 Å². The van der Waals surface area contributed by atoms with Gasteiger partial charge in [-0.3, -0.25) is 9.78 Å². The lowest BCUT2D eigenvalue weighted by molar-refractivity contribution is -0.129. The Labute approximate surface area is 98.7 Å². The predicted octanol–water partition coefficient (Wildman–Crippen LogP) is 0.996. The van der Waals surface area contributed by atoms with E-state index in [-0.39, 0.29) is 11.9 Å². The van der Waals surface area contributed by atoms with Crippen molar-refractivity contribution in [3.63, 3.8) is 0 Å². The highest BCUT2D eigenvalue weighted by Crippen LogP contribution is 2.23. The molecular formula is C11H15N3OS. The van der Waals surface area contributed by atoms with Crippen molar-refractivity contribution in [2.45, 2.75) is 37.9 Å². The van der Waals surface area contributed by atoms with Gasteiger partial charge in [0.25, 0.3) is 0 Å². The van der Waals surface area contributed by atoms with E-state index < -0.39 is 0 Å². The van der Waals surface area contributed by atoms with E-state index >= 15 is 0 Å². The quantitative estimate of drug-likeness (QED) is 0.849. The van der Waals surface area contributed by atoms with Crippen LogP contribution in [0.4, 0.5) is 0 Å². The third kappa shape index (κ3) is 2.10. The lowest BCUT2D eigenvalue weighted by Gasteiger charge is -2.15. The number of aromatic nitrogens is 1. The van der Waals surface area contributed by atoms with Crippen LogP contribution < -0.4 is 5.32 Å². The third-order valence-electron chi connectivity index (χ3n) is 3.14. The van der Waals surface area contributed by atoms with Crippen molar-refractivity contribution in [2.24, 2.45) is 0 Å². The number of thiazole rings is 1. The summed E-state index contributed by atoms with van der Waals surface area (Å²) in [5, 5.41) is 3.41. The summed E-state index contributed by atoms with van der Waals surface area (Å²) in [6.45, 7) is 1.60. The van der Waals surface area contributed by atoms with E-state index in [1.54, 1.807) is 11.3 Å². The minimum Gasteiger partial charge on any atom is -0.336 e. The molecule has 1 saturated carbocycles. The molecule has 2 aliphatic rings. The summed E-state index contributed by atoms with van der Waals surface area (Å²) in [7, 11) is 0. The highest BCUT2D eigenvalue weighted by molar-refractivity contribution is 7.09. The fraction of sp³-hybridized carbons (Fsp3) is 0.636. The minimum atomic E-state index is 0.0698. The summed E-state index contributed by atoms with van der Waals surface area (Å²) in [6.07, 6.45) is 5.27. The molecular weight excluding hydrogens is 222 g/mol. The maximum atomic E-state index is 12.0. The fourth-order valence-electron chi connectivity index (χ4n) is 2.09. The Kier molecular flexibility index (Phi) is 2.65. The average molecular weight is 237 g/mol. The molecule has 1 aromatic heterocycles. The molecule has 86 valence electrons. The van der Waals surface area contributed by atoms with E-state index in [0.717, 1.165) is 19.5 Å². The fourth-order valence-corrected chi connectivity index (χ4v) is 2.70. The van der Waals surface area contributed by atoms with Crippen molar-refractivity contribution in [3.05, 3.63) is 16.6 Å². The lowest BCUT2D eigenvalue weighted by atomic mass is 10.2. The summed E-state index contributed by atoms with van der Waals surface area (Å²) in [6, 6.07) is 0.678. The van der Waals surface area contributed by atoms with E-state index in [0.29, 0.717) is 6.04 Å². The number of nitrogens with one attached hydrogen (secondary N) is 1. The summed E-state index contributed by atoms with van der Waals surface area (Å²) < 4.78 is 0. The molecule has 0 bridgehead atoms. The smallest absolute Gasteiger partial charge is 0.240 e. The number of hydrogen-bond donors (Lipinski definition) is 1. The predicted molar refractivity (Wildman–Crippen MR) is 62.1 cm³/mol. The van der Waals surface area contributed by atoms with Crippen LogP contribution >= 0.6 is 11.3 Å². The minimum absolute atomic E-state index is 0.0698. The van der Waals surface area contributed by atoms with E-state index in [2.05, 4.69) is 10.3 Å². The second-order valence-electron chi connectivity index (χ2n) is 4.51. The summed E-state index contributed by atoms with van der Waals surface area (Å²) in [5.41, 5.74) is 1.82. The van der Waals surface area contributed by atoms with Crippen LogP contribution in [0.25, 0.3) is 0 Å². The number of rotatable bonds is 4. The van der Waals surface area contributed by atoms with Gasteiger partial charge in [0.15, 0.2) is 0 Å². The normalized spacial score (nSPS) is 25.4. The highest BCUT2D eigenvalue weighted by atomic mass is 32.1. The number of carbonyl (C=O) groups excluding carboxylic acids is 1. The van der Waals surface area contributed by atoms with Crippen LogP contribution in [-0.4, -0.2) is 34.4 Å². The first-order valence-electron chi connectivity index (χ1n) is 5.75. The molecule has 1 aliphatic heterocycles. The summed E-state index contributed by atoms with van der Waals surface area (Å²) in [4.78, 5) is 19.2. The van der Waals surface area contributed by atoms with Gasteiger partial charge in [-0.1, -0.05) is 0 Å². The van der Waals surface area contributed by atoms with Gasteiger partial charge >= 0.3 is 0 Å². The van der Waals surface area contributed by atoms with Crippen LogP contribution in [0, 0.1) is 0 Å². The molecule has 0 aromatic carbocycles. The Hall–Kier alpha value is -0.940. The average Bonchev–Trinajstić information content (AvgIpc) is 2.83. The SMILES string of the molecule is O=C1C(NC2CC2)CCN1Cc1cncs1. The van der Waals surface area contributed by atoms with E-state index in [1.165, 1.54) is 17.7 Å². The van der Waals surface area contributed by atoms with Gasteiger partial charge in [-0.25, -0.2) is 0 Å². The van der Waals surface area contributed by atoms with Crippen molar-refractivity contribution in [1.82, 2.24) is 15.2 Å². The summed E-state index contributed by atoms with van der Waals surface area (Å²) >= 11 is 1.61. The maximum absolute atomic E-state index is 12.0. The molecule has 0 radical (unpaired) electrons. The standard InChI is InChI=1S/C11H15N3OS/c15-11-10(13-8-1-2-8)3-4-14(11)6-9-5-12-7-16-9/h5,7-8,10,13H,1-4,6H2. The van der Waals surface area contributed by atoms with Crippen LogP contribution in [0.1, 0.15) is 24.1 Å². The maximum Gasteiger partial charge on any atom is 0.240 e. The van der Waals surface area contributed by atoms with Crippen LogP contribution in [0.5, 0.6) is 0 Å². The molecule has 1 saturated heterocycles. The molecule has 1 N–H and O–H groups in total. The highest BCUT2D eigenvalue weighted by Gasteiger charge is 2.35. The molecule has 0 spiro atoms. The molecule has 5 heteroatoms. The van der Waals surface area contributed by atoms with Gasteiger partial charge in [0, 0.05) is 23.7 Å². The molecule has 2 fully saturated rings. The topological polar surface area (TPSA) is 45.2 Å². The molecule has 1 aromatic rings. The van der Waals surface area contributed by atoms with Crippen molar-refractivity contribution in [3.8, 4) is 0 Å². The van der Waals surface area contributed by atoms with Crippen LogP contribution in [0.2, 0.25) is 0 Å². The Morgan fingerprint density at radius 3 is 3.06 bits per heavy atom. The monoisotopic (exact) mass is 237 g/mol. The van der Waals surface area contributed by atoms with E-state index in [1.807, 2.05) is 16.6 Å². The van der Waals surface area contributed by atoms with Crippen molar-refractivity contribution in [2.75, 3.05) is 6.54 Å². The van der Waals surface area contributed by atoms with E-state index in [4.69, 9.17) is 0 Å². The number of carbonyl (C=O) groups is 1. The van der Waals surface area contributed by atoms with Gasteiger partial charge < -0.3 is 10.2 Å². The molecule has 4 nitrogen and oxygen atoms in total. The molecule has 3 rings (SSSR count). The van der Waals surface area contributed by atoms with Crippen molar-refractivity contribution < 1.29 is 4.79 Å². The first kappa shape index (κ1) is 10.2. The number of hydrogen-bond acceptors (Lipinski definition) is 4. The number of likely N-dealkylation sites (tertiary alicyclic amines) is 1. The van der Waals surface area contributed by atoms with Gasteiger partial charge in [0.05, 0.1) is 18.1 Å². The van der Waals surface area contributed by atoms with Gasteiger partial charge in [0.2, 0.25) is 5.91 Å². The molecule has 16 heavy (non-hydrogen) atoms. The zero-order valence-corrected chi connectivity index (χ0v) is 9.87. The number of nitrogens with zero attached hydrogens (tertiary/aromatic N) is 2. The zero-order valence-electron chi connectivity index (χ0n) is 9.06. The van der Waals surface area contributed by atoms with Gasteiger partial charge in [-0.05, 0) is 19.3 Å². The molecule has 2 heterocycles. The Bertz CT molecular complexity index is 375. The van der Waals surface area contributed by atoms with Crippen LogP contribution in [-0.2, 0) is 11.3 Å². The Balaban J connectivity index is 1.58. The lowest BCUT2D eigenvalue weighted by Crippen LogP contribution is -2.39.